The van der Waals surface area contributed by atoms with Crippen LogP contribution in [0.5, 0.6) is 5.75 Å². The van der Waals surface area contributed by atoms with Crippen LogP contribution < -0.4 is 15.8 Å². The van der Waals surface area contributed by atoms with Crippen LogP contribution in [0.15, 0.2) is 42.5 Å². The van der Waals surface area contributed by atoms with Gasteiger partial charge in [-0.15, -0.1) is 0 Å². The van der Waals surface area contributed by atoms with Crippen molar-refractivity contribution in [2.24, 2.45) is 0 Å². The van der Waals surface area contributed by atoms with Gasteiger partial charge in [0.15, 0.2) is 0 Å². The molecule has 0 heterocycles. The molecule has 0 spiro atoms. The van der Waals surface area contributed by atoms with Gasteiger partial charge in [0.05, 0.1) is 11.8 Å². The van der Waals surface area contributed by atoms with Crippen molar-refractivity contribution in [1.82, 2.24) is 0 Å². The summed E-state index contributed by atoms with van der Waals surface area (Å²) in [6.45, 7) is 7.06. The molecule has 0 radical (unpaired) electrons. The molecule has 0 aliphatic carbocycles. The van der Waals surface area contributed by atoms with Crippen molar-refractivity contribution in [2.75, 3.05) is 17.6 Å². The number of hydrogen-bond acceptors (Lipinski definition) is 3. The Morgan fingerprint density at radius 3 is 2.45 bits per heavy atom. The van der Waals surface area contributed by atoms with Crippen molar-refractivity contribution >= 4 is 11.4 Å². The number of nitrogens with one attached hydrogen (secondary N) is 1. The van der Waals surface area contributed by atoms with Gasteiger partial charge in [0.25, 0.3) is 0 Å². The lowest BCUT2D eigenvalue weighted by Gasteiger charge is -2.13. The maximum atomic E-state index is 6.04. The van der Waals surface area contributed by atoms with Gasteiger partial charge in [0, 0.05) is 12.2 Å². The Bertz CT molecular complexity index is 591. The number of rotatable bonds is 7. The summed E-state index contributed by atoms with van der Waals surface area (Å²) in [6, 6.07) is 14.6. The van der Waals surface area contributed by atoms with Gasteiger partial charge in [-0.25, -0.2) is 0 Å². The third kappa shape index (κ3) is 4.99. The van der Waals surface area contributed by atoms with E-state index in [2.05, 4.69) is 42.6 Å². The normalized spacial score (nSPS) is 10.7. The first-order valence-electron chi connectivity index (χ1n) is 7.90. The Morgan fingerprint density at radius 2 is 1.82 bits per heavy atom. The fraction of sp³-hybridized carbons (Fsp3) is 0.368. The molecule has 2 aromatic rings. The largest absolute Gasteiger partial charge is 0.489 e. The van der Waals surface area contributed by atoms with Gasteiger partial charge in [0.2, 0.25) is 0 Å². The molecule has 2 aromatic carbocycles. The van der Waals surface area contributed by atoms with E-state index in [4.69, 9.17) is 10.5 Å². The number of ether oxygens (including phenoxy) is 1. The summed E-state index contributed by atoms with van der Waals surface area (Å²) in [5.41, 5.74) is 10.5. The molecule has 22 heavy (non-hydrogen) atoms. The number of hydrogen-bond donors (Lipinski definition) is 2. The molecule has 3 nitrogen and oxygen atoms in total. The van der Waals surface area contributed by atoms with E-state index in [0.717, 1.165) is 30.8 Å². The van der Waals surface area contributed by atoms with Gasteiger partial charge < -0.3 is 15.8 Å². The Morgan fingerprint density at radius 1 is 1.09 bits per heavy atom. The number of nitrogen functional groups attached to an aromatic ring is 1. The summed E-state index contributed by atoms with van der Waals surface area (Å²) in [5.74, 6) is 0.775. The predicted octanol–water partition coefficient (Wildman–Crippen LogP) is 4.41. The summed E-state index contributed by atoms with van der Waals surface area (Å²) in [6.07, 6.45) is 2.22. The Hall–Kier alpha value is -2.16. The molecule has 3 heteroatoms. The highest BCUT2D eigenvalue weighted by molar-refractivity contribution is 5.54. The van der Waals surface area contributed by atoms with E-state index >= 15 is 0 Å². The number of aryl methyl sites for hydroxylation is 2. The zero-order chi connectivity index (χ0) is 15.9. The third-order valence-electron chi connectivity index (χ3n) is 3.46. The minimum Gasteiger partial charge on any atom is -0.489 e. The van der Waals surface area contributed by atoms with Crippen molar-refractivity contribution < 1.29 is 4.74 Å². The number of nitrogens with two attached hydrogens (primary N) is 1. The number of anilines is 2. The fourth-order valence-corrected chi connectivity index (χ4v) is 2.31. The molecule has 2 rings (SSSR count). The van der Waals surface area contributed by atoms with E-state index < -0.39 is 0 Å². The smallest absolute Gasteiger partial charge is 0.142 e. The average molecular weight is 298 g/mol. The first-order valence-corrected chi connectivity index (χ1v) is 7.90. The summed E-state index contributed by atoms with van der Waals surface area (Å²) in [5, 5.41) is 3.44. The molecule has 0 unspecified atom stereocenters. The van der Waals surface area contributed by atoms with Crippen LogP contribution in [0.4, 0.5) is 11.4 Å². The summed E-state index contributed by atoms with van der Waals surface area (Å²) >= 11 is 0. The molecule has 0 saturated carbocycles. The second-order valence-corrected chi connectivity index (χ2v) is 5.94. The van der Waals surface area contributed by atoms with Gasteiger partial charge in [0.1, 0.15) is 5.75 Å². The first-order chi connectivity index (χ1) is 10.5. The van der Waals surface area contributed by atoms with Crippen molar-refractivity contribution in [1.29, 1.82) is 0 Å². The second-order valence-electron chi connectivity index (χ2n) is 5.94. The zero-order valence-corrected chi connectivity index (χ0v) is 13.7. The quantitative estimate of drug-likeness (QED) is 0.588. The molecule has 0 aliphatic rings. The van der Waals surface area contributed by atoms with Crippen LogP contribution in [0.1, 0.15) is 31.4 Å². The third-order valence-corrected chi connectivity index (χ3v) is 3.46. The lowest BCUT2D eigenvalue weighted by molar-refractivity contribution is 0.244. The van der Waals surface area contributed by atoms with Gasteiger partial charge in [-0.2, -0.15) is 0 Å². The monoisotopic (exact) mass is 298 g/mol. The van der Waals surface area contributed by atoms with Gasteiger partial charge >= 0.3 is 0 Å². The van der Waals surface area contributed by atoms with Crippen LogP contribution in [-0.2, 0) is 6.42 Å². The van der Waals surface area contributed by atoms with Crippen LogP contribution in [0.3, 0.4) is 0 Å². The molecular formula is C19H26N2O. The molecule has 0 bridgehead atoms. The fourth-order valence-electron chi connectivity index (χ4n) is 2.31. The van der Waals surface area contributed by atoms with Crippen LogP contribution in [0.2, 0.25) is 0 Å². The standard InChI is InChI=1S/C19H26N2O/c1-14(2)22-19-11-8-16(13-18(19)20)5-4-12-21-17-9-6-15(3)7-10-17/h6-11,13-14,21H,4-5,12,20H2,1-3H3. The topological polar surface area (TPSA) is 47.3 Å². The van der Waals surface area contributed by atoms with E-state index in [1.54, 1.807) is 0 Å². The summed E-state index contributed by atoms with van der Waals surface area (Å²) < 4.78 is 5.66. The Kier molecular flexibility index (Phi) is 5.70. The Labute approximate surface area is 133 Å². The van der Waals surface area contributed by atoms with E-state index in [-0.39, 0.29) is 6.10 Å². The average Bonchev–Trinajstić information content (AvgIpc) is 2.48. The van der Waals surface area contributed by atoms with E-state index in [1.165, 1.54) is 16.8 Å². The molecular weight excluding hydrogens is 272 g/mol. The van der Waals surface area contributed by atoms with Crippen LogP contribution in [-0.4, -0.2) is 12.6 Å². The molecule has 0 amide bonds. The minimum absolute atomic E-state index is 0.145. The lowest BCUT2D eigenvalue weighted by atomic mass is 10.1. The minimum atomic E-state index is 0.145. The maximum Gasteiger partial charge on any atom is 0.142 e. The summed E-state index contributed by atoms with van der Waals surface area (Å²) in [4.78, 5) is 0. The zero-order valence-electron chi connectivity index (χ0n) is 13.7. The highest BCUT2D eigenvalue weighted by atomic mass is 16.5. The molecule has 0 atom stereocenters. The number of benzene rings is 2. The van der Waals surface area contributed by atoms with Gasteiger partial charge in [-0.05, 0) is 63.4 Å². The van der Waals surface area contributed by atoms with Crippen LogP contribution >= 0.6 is 0 Å². The SMILES string of the molecule is Cc1ccc(NCCCc2ccc(OC(C)C)c(N)c2)cc1. The second kappa shape index (κ2) is 7.74. The van der Waals surface area contributed by atoms with Gasteiger partial charge in [-0.3, -0.25) is 0 Å². The molecule has 3 N–H and O–H groups in total. The maximum absolute atomic E-state index is 6.04. The highest BCUT2D eigenvalue weighted by Gasteiger charge is 2.04. The molecule has 0 saturated heterocycles. The molecule has 0 fully saturated rings. The summed E-state index contributed by atoms with van der Waals surface area (Å²) in [7, 11) is 0. The van der Waals surface area contributed by atoms with E-state index in [9.17, 15) is 0 Å². The van der Waals surface area contributed by atoms with Gasteiger partial charge in [-0.1, -0.05) is 23.8 Å². The lowest BCUT2D eigenvalue weighted by Crippen LogP contribution is -2.08. The van der Waals surface area contributed by atoms with Crippen molar-refractivity contribution in [3.8, 4) is 5.75 Å². The molecule has 0 aromatic heterocycles. The molecule has 0 aliphatic heterocycles. The van der Waals surface area contributed by atoms with Crippen LogP contribution in [0, 0.1) is 6.92 Å². The van der Waals surface area contributed by atoms with E-state index in [0.29, 0.717) is 0 Å². The Balaban J connectivity index is 1.79. The first kappa shape index (κ1) is 16.2. The predicted molar refractivity (Wildman–Crippen MR) is 94.6 cm³/mol. The van der Waals surface area contributed by atoms with Crippen molar-refractivity contribution in [2.45, 2.75) is 39.7 Å². The van der Waals surface area contributed by atoms with Crippen molar-refractivity contribution in [3.05, 3.63) is 53.6 Å². The van der Waals surface area contributed by atoms with Crippen molar-refractivity contribution in [3.63, 3.8) is 0 Å². The van der Waals surface area contributed by atoms with E-state index in [1.807, 2.05) is 26.0 Å². The molecule has 118 valence electrons. The van der Waals surface area contributed by atoms with Crippen LogP contribution in [0.25, 0.3) is 0 Å². The highest BCUT2D eigenvalue weighted by Crippen LogP contribution is 2.24.